The van der Waals surface area contributed by atoms with Crippen LogP contribution in [-0.2, 0) is 0 Å². The van der Waals surface area contributed by atoms with E-state index in [0.717, 1.165) is 5.69 Å². The minimum absolute atomic E-state index is 0.00125. The Kier molecular flexibility index (Phi) is 2.72. The van der Waals surface area contributed by atoms with Gasteiger partial charge in [0, 0.05) is 5.39 Å². The average molecular weight is 273 g/mol. The fourth-order valence-corrected chi connectivity index (χ4v) is 2.29. The van der Waals surface area contributed by atoms with Gasteiger partial charge in [0.25, 0.3) is 0 Å². The second-order valence-electron chi connectivity index (χ2n) is 4.04. The number of rotatable bonds is 2. The van der Waals surface area contributed by atoms with Crippen molar-refractivity contribution >= 4 is 28.5 Å². The minimum Gasteiger partial charge on any atom is -0.476 e. The van der Waals surface area contributed by atoms with Crippen molar-refractivity contribution in [3.05, 3.63) is 59.2 Å². The molecule has 0 bridgehead atoms. The number of carboxylic acids is 1. The monoisotopic (exact) mass is 272 g/mol. The summed E-state index contributed by atoms with van der Waals surface area (Å²) in [5.74, 6) is -1.07. The zero-order chi connectivity index (χ0) is 13.4. The highest BCUT2D eigenvalue weighted by Gasteiger charge is 2.18. The van der Waals surface area contributed by atoms with Gasteiger partial charge < -0.3 is 5.11 Å². The molecule has 1 N–H and O–H groups in total. The molecule has 0 fully saturated rings. The zero-order valence-electron chi connectivity index (χ0n) is 9.75. The zero-order valence-corrected chi connectivity index (χ0v) is 10.5. The van der Waals surface area contributed by atoms with Crippen molar-refractivity contribution in [1.82, 2.24) is 9.78 Å². The van der Waals surface area contributed by atoms with Crippen molar-refractivity contribution in [2.75, 3.05) is 0 Å². The van der Waals surface area contributed by atoms with Crippen molar-refractivity contribution in [2.24, 2.45) is 0 Å². The molecular formula is C14H9ClN2O2. The lowest BCUT2D eigenvalue weighted by molar-refractivity contribution is 0.0692. The van der Waals surface area contributed by atoms with E-state index < -0.39 is 5.97 Å². The number of carbonyl (C=O) groups is 1. The third-order valence-electron chi connectivity index (χ3n) is 2.86. The summed E-state index contributed by atoms with van der Waals surface area (Å²) in [5, 5.41) is 14.4. The summed E-state index contributed by atoms with van der Waals surface area (Å²) in [6.45, 7) is 0. The van der Waals surface area contributed by atoms with Crippen molar-refractivity contribution < 1.29 is 9.90 Å². The van der Waals surface area contributed by atoms with Gasteiger partial charge in [0.05, 0.1) is 16.2 Å². The Morgan fingerprint density at radius 3 is 2.53 bits per heavy atom. The van der Waals surface area contributed by atoms with E-state index in [1.165, 1.54) is 0 Å². The number of aromatic nitrogens is 2. The van der Waals surface area contributed by atoms with Crippen LogP contribution in [0, 0.1) is 0 Å². The fourth-order valence-electron chi connectivity index (χ4n) is 2.04. The van der Waals surface area contributed by atoms with Crippen LogP contribution in [0.25, 0.3) is 16.6 Å². The molecular weight excluding hydrogens is 264 g/mol. The van der Waals surface area contributed by atoms with Crippen LogP contribution in [0.1, 0.15) is 10.5 Å². The molecule has 0 atom stereocenters. The minimum atomic E-state index is -1.07. The highest BCUT2D eigenvalue weighted by Crippen LogP contribution is 2.28. The van der Waals surface area contributed by atoms with E-state index in [4.69, 9.17) is 11.6 Å². The van der Waals surface area contributed by atoms with Crippen LogP contribution in [0.4, 0.5) is 0 Å². The summed E-state index contributed by atoms with van der Waals surface area (Å²) in [6.07, 6.45) is 0. The Labute approximate surface area is 113 Å². The third-order valence-corrected chi connectivity index (χ3v) is 3.16. The maximum absolute atomic E-state index is 11.3. The van der Waals surface area contributed by atoms with E-state index in [1.54, 1.807) is 22.9 Å². The Morgan fingerprint density at radius 1 is 1.11 bits per heavy atom. The smallest absolute Gasteiger partial charge is 0.357 e. The van der Waals surface area contributed by atoms with Gasteiger partial charge in [0.2, 0.25) is 0 Å². The maximum Gasteiger partial charge on any atom is 0.357 e. The van der Waals surface area contributed by atoms with E-state index in [0.29, 0.717) is 15.9 Å². The Bertz CT molecular complexity index is 766. The largest absolute Gasteiger partial charge is 0.476 e. The summed E-state index contributed by atoms with van der Waals surface area (Å²) in [4.78, 5) is 11.3. The average Bonchev–Trinajstić information content (AvgIpc) is 2.81. The SMILES string of the molecule is O=C(O)c1nn(-c2ccccc2)c2c(Cl)cccc12. The number of hydrogen-bond acceptors (Lipinski definition) is 2. The first-order valence-corrected chi connectivity index (χ1v) is 6.02. The number of fused-ring (bicyclic) bond motifs is 1. The molecule has 0 aliphatic heterocycles. The molecule has 94 valence electrons. The van der Waals surface area contributed by atoms with Gasteiger partial charge in [0.15, 0.2) is 5.69 Å². The van der Waals surface area contributed by atoms with Crippen molar-refractivity contribution in [3.63, 3.8) is 0 Å². The molecule has 0 saturated heterocycles. The lowest BCUT2D eigenvalue weighted by Gasteiger charge is -2.03. The van der Waals surface area contributed by atoms with Crippen molar-refractivity contribution in [1.29, 1.82) is 0 Å². The summed E-state index contributed by atoms with van der Waals surface area (Å²) < 4.78 is 1.56. The lowest BCUT2D eigenvalue weighted by Crippen LogP contribution is -2.01. The van der Waals surface area contributed by atoms with Gasteiger partial charge in [-0.3, -0.25) is 0 Å². The number of hydrogen-bond donors (Lipinski definition) is 1. The molecule has 1 aromatic heterocycles. The first-order valence-electron chi connectivity index (χ1n) is 5.64. The van der Waals surface area contributed by atoms with E-state index in [-0.39, 0.29) is 5.69 Å². The predicted octanol–water partition coefficient (Wildman–Crippen LogP) is 3.38. The third kappa shape index (κ3) is 1.86. The Morgan fingerprint density at radius 2 is 1.84 bits per heavy atom. The molecule has 0 radical (unpaired) electrons. The van der Waals surface area contributed by atoms with Crippen LogP contribution >= 0.6 is 11.6 Å². The first-order chi connectivity index (χ1) is 9.18. The van der Waals surface area contributed by atoms with E-state index in [1.807, 2.05) is 30.3 Å². The summed E-state index contributed by atoms with van der Waals surface area (Å²) in [5.41, 5.74) is 1.38. The van der Waals surface area contributed by atoms with Gasteiger partial charge in [0.1, 0.15) is 0 Å². The first kappa shape index (κ1) is 11.7. The highest BCUT2D eigenvalue weighted by molar-refractivity contribution is 6.35. The molecule has 2 aromatic carbocycles. The molecule has 1 heterocycles. The summed E-state index contributed by atoms with van der Waals surface area (Å²) >= 11 is 6.18. The molecule has 0 spiro atoms. The van der Waals surface area contributed by atoms with Crippen LogP contribution in [0.5, 0.6) is 0 Å². The van der Waals surface area contributed by atoms with Gasteiger partial charge in [-0.2, -0.15) is 5.10 Å². The fraction of sp³-hybridized carbons (Fsp3) is 0. The van der Waals surface area contributed by atoms with Crippen LogP contribution in [0.2, 0.25) is 5.02 Å². The standard InChI is InChI=1S/C14H9ClN2O2/c15-11-8-4-7-10-12(14(18)19)16-17(13(10)11)9-5-2-1-3-6-9/h1-8H,(H,18,19). The van der Waals surface area contributed by atoms with E-state index >= 15 is 0 Å². The molecule has 0 saturated carbocycles. The Balaban J connectivity index is 2.40. The second-order valence-corrected chi connectivity index (χ2v) is 4.44. The molecule has 0 aliphatic rings. The van der Waals surface area contributed by atoms with Crippen LogP contribution in [-0.4, -0.2) is 20.9 Å². The number of nitrogens with zero attached hydrogens (tertiary/aromatic N) is 2. The van der Waals surface area contributed by atoms with Gasteiger partial charge in [-0.15, -0.1) is 0 Å². The summed E-state index contributed by atoms with van der Waals surface area (Å²) in [6, 6.07) is 14.4. The van der Waals surface area contributed by atoms with Gasteiger partial charge in [-0.25, -0.2) is 9.48 Å². The number of carboxylic acid groups (broad SMARTS) is 1. The molecule has 3 rings (SSSR count). The second kappa shape index (κ2) is 4.40. The van der Waals surface area contributed by atoms with Gasteiger partial charge in [-0.05, 0) is 18.2 Å². The Hall–Kier alpha value is -2.33. The molecule has 5 heteroatoms. The molecule has 0 unspecified atom stereocenters. The van der Waals surface area contributed by atoms with E-state index in [2.05, 4.69) is 5.10 Å². The number of aromatic carboxylic acids is 1. The van der Waals surface area contributed by atoms with Gasteiger partial charge in [-0.1, -0.05) is 41.9 Å². The quantitative estimate of drug-likeness (QED) is 0.778. The molecule has 0 aliphatic carbocycles. The topological polar surface area (TPSA) is 55.1 Å². The van der Waals surface area contributed by atoms with Gasteiger partial charge >= 0.3 is 5.97 Å². The van der Waals surface area contributed by atoms with Crippen LogP contribution in [0.15, 0.2) is 48.5 Å². The molecule has 19 heavy (non-hydrogen) atoms. The molecule has 0 amide bonds. The van der Waals surface area contributed by atoms with Crippen LogP contribution < -0.4 is 0 Å². The normalized spacial score (nSPS) is 10.8. The van der Waals surface area contributed by atoms with E-state index in [9.17, 15) is 9.90 Å². The number of para-hydroxylation sites is 2. The molecule has 3 aromatic rings. The van der Waals surface area contributed by atoms with Crippen LogP contribution in [0.3, 0.4) is 0 Å². The maximum atomic E-state index is 11.3. The number of benzene rings is 2. The predicted molar refractivity (Wildman–Crippen MR) is 73.0 cm³/mol. The van der Waals surface area contributed by atoms with Crippen molar-refractivity contribution in [3.8, 4) is 5.69 Å². The summed E-state index contributed by atoms with van der Waals surface area (Å²) in [7, 11) is 0. The lowest BCUT2D eigenvalue weighted by atomic mass is 10.2. The molecule has 4 nitrogen and oxygen atoms in total. The van der Waals surface area contributed by atoms with Crippen molar-refractivity contribution in [2.45, 2.75) is 0 Å². The number of halogens is 1. The highest BCUT2D eigenvalue weighted by atomic mass is 35.5.